The number of carbonyl (C=O) groups is 2. The van der Waals surface area contributed by atoms with E-state index in [0.29, 0.717) is 42.1 Å². The molecule has 0 aliphatic carbocycles. The van der Waals surface area contributed by atoms with Crippen LogP contribution in [0.2, 0.25) is 0 Å². The summed E-state index contributed by atoms with van der Waals surface area (Å²) in [6.07, 6.45) is 2.57. The molecule has 10 heteroatoms. The van der Waals surface area contributed by atoms with E-state index in [1.54, 1.807) is 24.3 Å². The van der Waals surface area contributed by atoms with Gasteiger partial charge in [0.15, 0.2) is 0 Å². The largest absolute Gasteiger partial charge is 0.316 e. The van der Waals surface area contributed by atoms with Crippen molar-refractivity contribution in [2.75, 3.05) is 37.8 Å². The molecule has 2 aromatic rings. The minimum atomic E-state index is -3.35. The Morgan fingerprint density at radius 3 is 1.92 bits per heavy atom. The number of ketones is 2. The maximum atomic E-state index is 12.3. The van der Waals surface area contributed by atoms with E-state index in [9.17, 15) is 18.0 Å². The molecule has 206 valence electrons. The second-order valence-corrected chi connectivity index (χ2v) is 12.2. The van der Waals surface area contributed by atoms with E-state index in [2.05, 4.69) is 11.4 Å². The SMILES string of the molecule is N#Cc1ccc(CC2CN(S(=O)(=O)CCCCl)CCC2=O)cc1.N#Cc1ccc(CC2CNCCC2=O)cc1. The number of alkyl halides is 1. The minimum Gasteiger partial charge on any atom is -0.316 e. The Morgan fingerprint density at radius 2 is 1.41 bits per heavy atom. The van der Waals surface area contributed by atoms with Crippen molar-refractivity contribution >= 4 is 33.2 Å². The fraction of sp³-hybridized carbons (Fsp3) is 0.448. The smallest absolute Gasteiger partial charge is 0.214 e. The van der Waals surface area contributed by atoms with Gasteiger partial charge in [0.2, 0.25) is 10.0 Å². The first kappa shape index (κ1) is 30.5. The highest BCUT2D eigenvalue weighted by Crippen LogP contribution is 2.21. The van der Waals surface area contributed by atoms with E-state index in [-0.39, 0.29) is 42.9 Å². The van der Waals surface area contributed by atoms with Gasteiger partial charge in [-0.05, 0) is 54.7 Å². The monoisotopic (exact) mass is 568 g/mol. The van der Waals surface area contributed by atoms with E-state index in [4.69, 9.17) is 22.1 Å². The van der Waals surface area contributed by atoms with Crippen LogP contribution < -0.4 is 5.32 Å². The molecule has 0 radical (unpaired) electrons. The third-order valence-electron chi connectivity index (χ3n) is 6.94. The second kappa shape index (κ2) is 14.9. The molecule has 0 bridgehead atoms. The van der Waals surface area contributed by atoms with Crippen molar-refractivity contribution in [1.29, 1.82) is 10.5 Å². The molecule has 0 aromatic heterocycles. The number of piperidine rings is 2. The number of carbonyl (C=O) groups excluding carboxylic acids is 2. The zero-order valence-electron chi connectivity index (χ0n) is 21.8. The number of halogens is 1. The van der Waals surface area contributed by atoms with Gasteiger partial charge in [-0.1, -0.05) is 24.3 Å². The molecule has 39 heavy (non-hydrogen) atoms. The van der Waals surface area contributed by atoms with Crippen molar-refractivity contribution < 1.29 is 18.0 Å². The molecule has 1 N–H and O–H groups in total. The number of rotatable bonds is 8. The first-order valence-corrected chi connectivity index (χ1v) is 15.2. The van der Waals surface area contributed by atoms with Gasteiger partial charge < -0.3 is 5.32 Å². The molecule has 2 saturated heterocycles. The molecule has 2 unspecified atom stereocenters. The van der Waals surface area contributed by atoms with Gasteiger partial charge in [-0.25, -0.2) is 12.7 Å². The molecule has 0 amide bonds. The summed E-state index contributed by atoms with van der Waals surface area (Å²) in [6.45, 7) is 2.07. The second-order valence-electron chi connectivity index (χ2n) is 9.77. The zero-order chi connectivity index (χ0) is 28.3. The van der Waals surface area contributed by atoms with Crippen LogP contribution in [0.5, 0.6) is 0 Å². The van der Waals surface area contributed by atoms with Gasteiger partial charge in [-0.15, -0.1) is 11.6 Å². The fourth-order valence-electron chi connectivity index (χ4n) is 4.67. The highest BCUT2D eigenvalue weighted by atomic mass is 35.5. The van der Waals surface area contributed by atoms with Crippen LogP contribution in [-0.4, -0.2) is 62.1 Å². The molecule has 2 aliphatic heterocycles. The van der Waals surface area contributed by atoms with Crippen LogP contribution in [-0.2, 0) is 32.5 Å². The van der Waals surface area contributed by atoms with Gasteiger partial charge in [0.25, 0.3) is 0 Å². The number of sulfonamides is 1. The topological polar surface area (TPSA) is 131 Å². The lowest BCUT2D eigenvalue weighted by atomic mass is 9.91. The Labute approximate surface area is 235 Å². The summed E-state index contributed by atoms with van der Waals surface area (Å²) in [4.78, 5) is 23.7. The molecular formula is C29H33ClN4O4S. The Hall–Kier alpha value is -3.08. The maximum absolute atomic E-state index is 12.3. The van der Waals surface area contributed by atoms with Crippen LogP contribution in [0.4, 0.5) is 0 Å². The number of benzene rings is 2. The minimum absolute atomic E-state index is 0.0221. The van der Waals surface area contributed by atoms with Gasteiger partial charge in [-0.3, -0.25) is 9.59 Å². The average molecular weight is 569 g/mol. The summed E-state index contributed by atoms with van der Waals surface area (Å²) in [6, 6.07) is 18.6. The average Bonchev–Trinajstić information content (AvgIpc) is 2.95. The van der Waals surface area contributed by atoms with Gasteiger partial charge >= 0.3 is 0 Å². The highest BCUT2D eigenvalue weighted by molar-refractivity contribution is 7.89. The Kier molecular flexibility index (Phi) is 11.6. The van der Waals surface area contributed by atoms with Gasteiger partial charge in [0.1, 0.15) is 11.6 Å². The molecule has 2 fully saturated rings. The third kappa shape index (κ3) is 9.26. The van der Waals surface area contributed by atoms with Gasteiger partial charge in [0, 0.05) is 56.7 Å². The van der Waals surface area contributed by atoms with E-state index in [1.807, 2.05) is 30.3 Å². The number of nitrogens with zero attached hydrogens (tertiary/aromatic N) is 3. The van der Waals surface area contributed by atoms with E-state index >= 15 is 0 Å². The summed E-state index contributed by atoms with van der Waals surface area (Å²) < 4.78 is 25.9. The third-order valence-corrected chi connectivity index (χ3v) is 9.13. The summed E-state index contributed by atoms with van der Waals surface area (Å²) in [7, 11) is -3.35. The van der Waals surface area contributed by atoms with Crippen molar-refractivity contribution in [2.24, 2.45) is 11.8 Å². The Balaban J connectivity index is 0.000000230. The molecule has 4 rings (SSSR count). The van der Waals surface area contributed by atoms with Crippen LogP contribution >= 0.6 is 11.6 Å². The molecule has 0 saturated carbocycles. The fourth-order valence-corrected chi connectivity index (χ4v) is 6.50. The first-order valence-electron chi connectivity index (χ1n) is 13.0. The lowest BCUT2D eigenvalue weighted by Gasteiger charge is -2.31. The zero-order valence-corrected chi connectivity index (χ0v) is 23.4. The lowest BCUT2D eigenvalue weighted by molar-refractivity contribution is -0.125. The molecule has 2 atom stereocenters. The first-order chi connectivity index (χ1) is 18.7. The predicted octanol–water partition coefficient (Wildman–Crippen LogP) is 3.23. The highest BCUT2D eigenvalue weighted by Gasteiger charge is 2.33. The maximum Gasteiger partial charge on any atom is 0.214 e. The van der Waals surface area contributed by atoms with E-state index < -0.39 is 10.0 Å². The van der Waals surface area contributed by atoms with Crippen LogP contribution in [0.25, 0.3) is 0 Å². The lowest BCUT2D eigenvalue weighted by Crippen LogP contribution is -2.45. The standard InChI is InChI=1S/C16H19ClN2O3S.C13H14N2O/c17-7-1-9-23(21,22)19-8-6-16(20)15(12-19)10-13-2-4-14(11-18)5-3-13;14-8-11-3-1-10(2-4-11)7-12-9-15-6-5-13(12)16/h2-5,15H,1,6-10,12H2;1-4,12,15H,5-7,9H2. The van der Waals surface area contributed by atoms with Gasteiger partial charge in [-0.2, -0.15) is 10.5 Å². The van der Waals surface area contributed by atoms with Crippen molar-refractivity contribution in [1.82, 2.24) is 9.62 Å². The van der Waals surface area contributed by atoms with E-state index in [1.165, 1.54) is 4.31 Å². The number of nitriles is 2. The normalized spacial score (nSPS) is 19.9. The summed E-state index contributed by atoms with van der Waals surface area (Å²) in [5.41, 5.74) is 3.29. The molecule has 2 aromatic carbocycles. The Morgan fingerprint density at radius 1 is 0.872 bits per heavy atom. The summed E-state index contributed by atoms with van der Waals surface area (Å²) >= 11 is 5.57. The van der Waals surface area contributed by atoms with Crippen molar-refractivity contribution in [3.63, 3.8) is 0 Å². The van der Waals surface area contributed by atoms with Crippen LogP contribution in [0.1, 0.15) is 41.5 Å². The predicted molar refractivity (Wildman–Crippen MR) is 150 cm³/mol. The summed E-state index contributed by atoms with van der Waals surface area (Å²) in [5.74, 6) is 0.542. The number of hydrogen-bond donors (Lipinski definition) is 1. The molecular weight excluding hydrogens is 536 g/mol. The van der Waals surface area contributed by atoms with Gasteiger partial charge in [0.05, 0.1) is 29.0 Å². The van der Waals surface area contributed by atoms with Crippen molar-refractivity contribution in [2.45, 2.75) is 32.1 Å². The molecule has 2 heterocycles. The van der Waals surface area contributed by atoms with E-state index in [0.717, 1.165) is 30.6 Å². The number of nitrogens with one attached hydrogen (secondary N) is 1. The molecule has 0 spiro atoms. The molecule has 8 nitrogen and oxygen atoms in total. The van der Waals surface area contributed by atoms with Crippen LogP contribution in [0.15, 0.2) is 48.5 Å². The van der Waals surface area contributed by atoms with Crippen molar-refractivity contribution in [3.05, 3.63) is 70.8 Å². The molecule has 2 aliphatic rings. The van der Waals surface area contributed by atoms with Crippen molar-refractivity contribution in [3.8, 4) is 12.1 Å². The number of hydrogen-bond acceptors (Lipinski definition) is 7. The quantitative estimate of drug-likeness (QED) is 0.484. The summed E-state index contributed by atoms with van der Waals surface area (Å²) in [5, 5.41) is 20.7. The number of Topliss-reactive ketones (excluding diaryl/α,β-unsaturated/α-hetero) is 2. The van der Waals surface area contributed by atoms with Crippen LogP contribution in [0.3, 0.4) is 0 Å². The Bertz CT molecular complexity index is 1320. The van der Waals surface area contributed by atoms with Crippen LogP contribution in [0, 0.1) is 34.5 Å².